The average molecular weight is 360 g/mol. The van der Waals surface area contributed by atoms with Crippen molar-refractivity contribution in [3.05, 3.63) is 53.6 Å². The Hall–Kier alpha value is -2.24. The molecule has 1 fully saturated rings. The van der Waals surface area contributed by atoms with E-state index in [1.165, 1.54) is 0 Å². The molecule has 1 atom stereocenters. The van der Waals surface area contributed by atoms with Crippen LogP contribution in [0.1, 0.15) is 6.92 Å². The number of phenols is 1. The zero-order valence-electron chi connectivity index (χ0n) is 14.2. The third kappa shape index (κ3) is 4.24. The number of para-hydroxylation sites is 2. The number of phenolic OH excluding ortho intramolecular Hbond substituents is 1. The highest BCUT2D eigenvalue weighted by molar-refractivity contribution is 6.30. The minimum Gasteiger partial charge on any atom is -0.506 e. The van der Waals surface area contributed by atoms with Crippen LogP contribution in [-0.4, -0.2) is 48.1 Å². The molecule has 1 aliphatic heterocycles. The molecule has 0 aromatic heterocycles. The van der Waals surface area contributed by atoms with Crippen LogP contribution in [0.5, 0.6) is 5.75 Å². The summed E-state index contributed by atoms with van der Waals surface area (Å²) in [5.41, 5.74) is 1.59. The van der Waals surface area contributed by atoms with Gasteiger partial charge in [0.1, 0.15) is 5.75 Å². The third-order valence-electron chi connectivity index (χ3n) is 4.58. The zero-order chi connectivity index (χ0) is 17.8. The van der Waals surface area contributed by atoms with Crippen LogP contribution in [0.4, 0.5) is 11.4 Å². The minimum atomic E-state index is -0.220. The Morgan fingerprint density at radius 1 is 1.08 bits per heavy atom. The van der Waals surface area contributed by atoms with Crippen molar-refractivity contribution in [2.45, 2.75) is 13.0 Å². The maximum atomic E-state index is 12.5. The molecule has 25 heavy (non-hydrogen) atoms. The van der Waals surface area contributed by atoms with Gasteiger partial charge in [-0.15, -0.1) is 0 Å². The van der Waals surface area contributed by atoms with Crippen molar-refractivity contribution in [3.63, 3.8) is 0 Å². The first kappa shape index (κ1) is 17.6. The summed E-state index contributed by atoms with van der Waals surface area (Å²) in [4.78, 5) is 16.8. The van der Waals surface area contributed by atoms with Crippen molar-refractivity contribution in [1.29, 1.82) is 0 Å². The fourth-order valence-electron chi connectivity index (χ4n) is 3.03. The number of aromatic hydroxyl groups is 1. The van der Waals surface area contributed by atoms with Gasteiger partial charge in [-0.1, -0.05) is 23.7 Å². The van der Waals surface area contributed by atoms with E-state index in [-0.39, 0.29) is 11.9 Å². The smallest absolute Gasteiger partial charge is 0.241 e. The molecular formula is C19H22ClN3O2. The lowest BCUT2D eigenvalue weighted by Crippen LogP contribution is -2.52. The monoisotopic (exact) mass is 359 g/mol. The summed E-state index contributed by atoms with van der Waals surface area (Å²) >= 11 is 5.86. The molecule has 1 aliphatic rings. The second-order valence-corrected chi connectivity index (χ2v) is 6.62. The van der Waals surface area contributed by atoms with Gasteiger partial charge in [-0.2, -0.15) is 0 Å². The first-order valence-electron chi connectivity index (χ1n) is 8.38. The van der Waals surface area contributed by atoms with Gasteiger partial charge in [0.05, 0.1) is 11.7 Å². The van der Waals surface area contributed by atoms with Crippen molar-refractivity contribution in [1.82, 2.24) is 4.90 Å². The summed E-state index contributed by atoms with van der Waals surface area (Å²) in [5.74, 6) is 0.266. The van der Waals surface area contributed by atoms with Crippen molar-refractivity contribution in [2.75, 3.05) is 36.4 Å². The Bertz CT molecular complexity index is 728. The number of carbonyl (C=O) groups excluding carboxylic acids is 1. The van der Waals surface area contributed by atoms with Crippen molar-refractivity contribution < 1.29 is 9.90 Å². The van der Waals surface area contributed by atoms with E-state index < -0.39 is 0 Å². The molecule has 2 N–H and O–H groups in total. The number of hydrogen-bond donors (Lipinski definition) is 2. The number of amides is 1. The van der Waals surface area contributed by atoms with Gasteiger partial charge in [-0.05, 0) is 43.3 Å². The maximum Gasteiger partial charge on any atom is 0.241 e. The number of nitrogens with zero attached hydrogens (tertiary/aromatic N) is 2. The number of piperazine rings is 1. The standard InChI is InChI=1S/C19H22ClN3O2/c1-14(19(25)21-16-8-6-15(20)7-9-16)22-10-12-23(13-11-22)17-4-2-3-5-18(17)24/h2-9,14,24H,10-13H2,1H3,(H,21,25). The minimum absolute atomic E-state index is 0.0293. The Labute approximate surface area is 152 Å². The Morgan fingerprint density at radius 3 is 2.36 bits per heavy atom. The van der Waals surface area contributed by atoms with Gasteiger partial charge < -0.3 is 15.3 Å². The molecule has 1 unspecified atom stereocenters. The van der Waals surface area contributed by atoms with Gasteiger partial charge in [0.2, 0.25) is 5.91 Å². The maximum absolute atomic E-state index is 12.5. The normalized spacial score (nSPS) is 16.5. The Balaban J connectivity index is 1.56. The van der Waals surface area contributed by atoms with Gasteiger partial charge in [0.15, 0.2) is 0 Å². The van der Waals surface area contributed by atoms with Crippen LogP contribution in [0.2, 0.25) is 5.02 Å². The molecule has 6 heteroatoms. The van der Waals surface area contributed by atoms with E-state index in [2.05, 4.69) is 15.1 Å². The van der Waals surface area contributed by atoms with Crippen LogP contribution >= 0.6 is 11.6 Å². The molecule has 1 amide bonds. The molecule has 0 radical (unpaired) electrons. The van der Waals surface area contributed by atoms with Gasteiger partial charge in [0, 0.05) is 36.9 Å². The lowest BCUT2D eigenvalue weighted by molar-refractivity contribution is -0.120. The fourth-order valence-corrected chi connectivity index (χ4v) is 3.15. The van der Waals surface area contributed by atoms with E-state index in [1.807, 2.05) is 25.1 Å². The van der Waals surface area contributed by atoms with Crippen LogP contribution < -0.4 is 10.2 Å². The highest BCUT2D eigenvalue weighted by atomic mass is 35.5. The summed E-state index contributed by atoms with van der Waals surface area (Å²) in [7, 11) is 0. The quantitative estimate of drug-likeness (QED) is 0.880. The largest absolute Gasteiger partial charge is 0.506 e. The van der Waals surface area contributed by atoms with Crippen LogP contribution in [0.15, 0.2) is 48.5 Å². The predicted octanol–water partition coefficient (Wildman–Crippen LogP) is 3.19. The molecule has 0 bridgehead atoms. The van der Waals surface area contributed by atoms with E-state index in [0.29, 0.717) is 10.8 Å². The topological polar surface area (TPSA) is 55.8 Å². The second-order valence-electron chi connectivity index (χ2n) is 6.18. The molecule has 132 valence electrons. The summed E-state index contributed by atoms with van der Waals surface area (Å²) in [5, 5.41) is 13.6. The number of anilines is 2. The highest BCUT2D eigenvalue weighted by Gasteiger charge is 2.26. The van der Waals surface area contributed by atoms with Crippen LogP contribution in [0.25, 0.3) is 0 Å². The highest BCUT2D eigenvalue weighted by Crippen LogP contribution is 2.27. The zero-order valence-corrected chi connectivity index (χ0v) is 14.9. The first-order valence-corrected chi connectivity index (χ1v) is 8.76. The van der Waals surface area contributed by atoms with Crippen LogP contribution in [0.3, 0.4) is 0 Å². The van der Waals surface area contributed by atoms with Crippen molar-refractivity contribution >= 4 is 28.9 Å². The number of halogens is 1. The molecule has 0 saturated carbocycles. The molecule has 1 saturated heterocycles. The summed E-state index contributed by atoms with van der Waals surface area (Å²) in [6.45, 7) is 5.00. The lowest BCUT2D eigenvalue weighted by Gasteiger charge is -2.38. The van der Waals surface area contributed by atoms with E-state index in [0.717, 1.165) is 37.6 Å². The molecule has 1 heterocycles. The van der Waals surface area contributed by atoms with Crippen molar-refractivity contribution in [3.8, 4) is 5.75 Å². The predicted molar refractivity (Wildman–Crippen MR) is 101 cm³/mol. The van der Waals surface area contributed by atoms with Gasteiger partial charge in [-0.25, -0.2) is 0 Å². The number of benzene rings is 2. The summed E-state index contributed by atoms with van der Waals surface area (Å²) < 4.78 is 0. The lowest BCUT2D eigenvalue weighted by atomic mass is 10.2. The Morgan fingerprint density at radius 2 is 1.72 bits per heavy atom. The van der Waals surface area contributed by atoms with E-state index in [1.54, 1.807) is 30.3 Å². The Kier molecular flexibility index (Phi) is 5.46. The van der Waals surface area contributed by atoms with E-state index >= 15 is 0 Å². The fraction of sp³-hybridized carbons (Fsp3) is 0.316. The number of nitrogens with one attached hydrogen (secondary N) is 1. The van der Waals surface area contributed by atoms with Crippen LogP contribution in [0, 0.1) is 0 Å². The molecule has 3 rings (SSSR count). The first-order chi connectivity index (χ1) is 12.0. The molecule has 2 aromatic carbocycles. The molecule has 5 nitrogen and oxygen atoms in total. The van der Waals surface area contributed by atoms with E-state index in [9.17, 15) is 9.90 Å². The second kappa shape index (κ2) is 7.76. The van der Waals surface area contributed by atoms with E-state index in [4.69, 9.17) is 11.6 Å². The van der Waals surface area contributed by atoms with Gasteiger partial charge in [-0.3, -0.25) is 9.69 Å². The van der Waals surface area contributed by atoms with Gasteiger partial charge in [0.25, 0.3) is 0 Å². The number of carbonyl (C=O) groups is 1. The molecule has 0 spiro atoms. The van der Waals surface area contributed by atoms with Crippen LogP contribution in [-0.2, 0) is 4.79 Å². The summed E-state index contributed by atoms with van der Waals surface area (Å²) in [6, 6.07) is 14.2. The average Bonchev–Trinajstić information content (AvgIpc) is 2.63. The molecule has 2 aromatic rings. The summed E-state index contributed by atoms with van der Waals surface area (Å²) in [6.07, 6.45) is 0. The van der Waals surface area contributed by atoms with Crippen molar-refractivity contribution in [2.24, 2.45) is 0 Å². The third-order valence-corrected chi connectivity index (χ3v) is 4.83. The number of hydrogen-bond acceptors (Lipinski definition) is 4. The number of rotatable bonds is 4. The van der Waals surface area contributed by atoms with Gasteiger partial charge >= 0.3 is 0 Å². The molecule has 0 aliphatic carbocycles. The SMILES string of the molecule is CC(C(=O)Nc1ccc(Cl)cc1)N1CCN(c2ccccc2O)CC1. The molecular weight excluding hydrogens is 338 g/mol.